The van der Waals surface area contributed by atoms with Crippen molar-refractivity contribution in [1.82, 2.24) is 0 Å². The molecule has 0 radical (unpaired) electrons. The minimum absolute atomic E-state index is 0.0757. The van der Waals surface area contributed by atoms with Gasteiger partial charge in [-0.25, -0.2) is 0 Å². The zero-order chi connectivity index (χ0) is 35.1. The summed E-state index contributed by atoms with van der Waals surface area (Å²) >= 11 is 0. The lowest BCUT2D eigenvalue weighted by molar-refractivity contribution is 0.103. The fourth-order valence-corrected chi connectivity index (χ4v) is 11.8. The van der Waals surface area contributed by atoms with Crippen molar-refractivity contribution in [2.24, 2.45) is 11.8 Å². The topological polar surface area (TPSA) is 17.1 Å². The van der Waals surface area contributed by atoms with Gasteiger partial charge in [-0.2, -0.15) is 0 Å². The predicted molar refractivity (Wildman–Crippen MR) is 214 cm³/mol. The molecule has 0 saturated carbocycles. The van der Waals surface area contributed by atoms with Gasteiger partial charge < -0.3 is 0 Å². The first-order chi connectivity index (χ1) is 26.1. The van der Waals surface area contributed by atoms with Crippen molar-refractivity contribution >= 4 is 11.4 Å². The third kappa shape index (κ3) is 3.43. The fourth-order valence-electron chi connectivity index (χ4n) is 11.8. The van der Waals surface area contributed by atoms with Crippen LogP contribution in [0.3, 0.4) is 0 Å². The van der Waals surface area contributed by atoms with E-state index in [1.54, 1.807) is 0 Å². The van der Waals surface area contributed by atoms with Gasteiger partial charge in [0.15, 0.2) is 5.78 Å². The molecule has 1 nitrogen and oxygen atoms in total. The Hall–Kier alpha value is -6.05. The van der Waals surface area contributed by atoms with Crippen LogP contribution in [0.15, 0.2) is 175 Å². The molecule has 53 heavy (non-hydrogen) atoms. The standard InChI is InChI=1S/C52H36O/c1-31-13-12-19-41-40-28-26-33(30-48(40)52(49(31)41)45-23-10-5-16-36(45)37-17-6-11-24-46(37)52)50(53)32-25-27-39-38-18-4-9-22-44(38)51(47(39)29-32)42-20-7-2-14-34(42)35-15-3-8-21-43(35)51/h2-14,16-31,35,49H,15H2,1H3. The van der Waals surface area contributed by atoms with Gasteiger partial charge in [0.25, 0.3) is 0 Å². The van der Waals surface area contributed by atoms with Gasteiger partial charge in [-0.15, -0.1) is 0 Å². The molecule has 0 aliphatic heterocycles. The smallest absolute Gasteiger partial charge is 0.193 e. The SMILES string of the molecule is CC1C=CC=C2c3ccc(C(=O)c4ccc5c(c4)C4(C6=CC=CCC6c6ccccc64)c4ccccc4-5)cc3C3(c4ccccc4-c4ccccc43)C21. The summed E-state index contributed by atoms with van der Waals surface area (Å²) in [7, 11) is 0. The van der Waals surface area contributed by atoms with E-state index >= 15 is 4.79 Å². The van der Waals surface area contributed by atoms with E-state index in [2.05, 4.69) is 177 Å². The third-order valence-corrected chi connectivity index (χ3v) is 13.7. The molecule has 4 atom stereocenters. The fraction of sp³-hybridized carbons (Fsp3) is 0.135. The highest BCUT2D eigenvalue weighted by molar-refractivity contribution is 6.10. The Kier molecular flexibility index (Phi) is 5.74. The molecule has 0 amide bonds. The van der Waals surface area contributed by atoms with Crippen LogP contribution in [0, 0.1) is 11.8 Å². The maximum Gasteiger partial charge on any atom is 0.193 e. The van der Waals surface area contributed by atoms with Crippen LogP contribution in [0.2, 0.25) is 0 Å². The van der Waals surface area contributed by atoms with Gasteiger partial charge in [0, 0.05) is 23.0 Å². The van der Waals surface area contributed by atoms with E-state index in [0.717, 1.165) is 17.5 Å². The minimum Gasteiger partial charge on any atom is -0.289 e. The number of hydrogen-bond acceptors (Lipinski definition) is 1. The molecule has 0 aromatic heterocycles. The zero-order valence-corrected chi connectivity index (χ0v) is 29.5. The Bertz CT molecular complexity index is 2720. The summed E-state index contributed by atoms with van der Waals surface area (Å²) < 4.78 is 0. The first-order valence-corrected chi connectivity index (χ1v) is 19.1. The summed E-state index contributed by atoms with van der Waals surface area (Å²) in [6, 6.07) is 49.0. The molecule has 6 aliphatic rings. The van der Waals surface area contributed by atoms with Crippen LogP contribution in [0.4, 0.5) is 0 Å². The molecular formula is C52H36O. The quantitative estimate of drug-likeness (QED) is 0.167. The summed E-state index contributed by atoms with van der Waals surface area (Å²) in [6.07, 6.45) is 14.8. The van der Waals surface area contributed by atoms with Crippen molar-refractivity contribution in [1.29, 1.82) is 0 Å². The molecule has 2 spiro atoms. The minimum atomic E-state index is -0.418. The summed E-state index contributed by atoms with van der Waals surface area (Å²) in [6.45, 7) is 2.36. The molecule has 250 valence electrons. The number of allylic oxidation sites excluding steroid dienone is 8. The normalized spacial score (nSPS) is 23.7. The number of carbonyl (C=O) groups excluding carboxylic acids is 1. The second-order valence-electron chi connectivity index (χ2n) is 15.8. The van der Waals surface area contributed by atoms with E-state index in [0.29, 0.717) is 11.8 Å². The molecule has 6 aromatic carbocycles. The summed E-state index contributed by atoms with van der Waals surface area (Å²) in [4.78, 5) is 15.1. The molecule has 0 saturated heterocycles. The van der Waals surface area contributed by atoms with Crippen molar-refractivity contribution in [3.05, 3.63) is 231 Å². The summed E-state index contributed by atoms with van der Waals surface area (Å²) in [5.41, 5.74) is 19.2. The lowest BCUT2D eigenvalue weighted by atomic mass is 9.62. The molecule has 6 aliphatic carbocycles. The van der Waals surface area contributed by atoms with E-state index in [9.17, 15) is 0 Å². The van der Waals surface area contributed by atoms with Gasteiger partial charge in [-0.3, -0.25) is 4.79 Å². The average molecular weight is 677 g/mol. The van der Waals surface area contributed by atoms with Crippen LogP contribution >= 0.6 is 0 Å². The number of fused-ring (bicyclic) bond motifs is 20. The van der Waals surface area contributed by atoms with Gasteiger partial charge in [0.05, 0.1) is 10.8 Å². The number of benzene rings is 6. The van der Waals surface area contributed by atoms with Crippen LogP contribution in [-0.4, -0.2) is 5.78 Å². The van der Waals surface area contributed by atoms with Gasteiger partial charge in [-0.05, 0) is 102 Å². The van der Waals surface area contributed by atoms with E-state index < -0.39 is 5.41 Å². The van der Waals surface area contributed by atoms with Crippen LogP contribution in [0.5, 0.6) is 0 Å². The van der Waals surface area contributed by atoms with Gasteiger partial charge in [0.2, 0.25) is 0 Å². The van der Waals surface area contributed by atoms with E-state index in [1.807, 2.05) is 0 Å². The highest BCUT2D eigenvalue weighted by Gasteiger charge is 2.58. The van der Waals surface area contributed by atoms with Crippen molar-refractivity contribution in [2.45, 2.75) is 30.1 Å². The molecule has 0 bridgehead atoms. The van der Waals surface area contributed by atoms with Crippen molar-refractivity contribution in [3.8, 4) is 22.3 Å². The third-order valence-electron chi connectivity index (χ3n) is 13.7. The number of carbonyl (C=O) groups is 1. The Labute approximate surface area is 310 Å². The Morgan fingerprint density at radius 3 is 1.89 bits per heavy atom. The molecule has 0 fully saturated rings. The first-order valence-electron chi connectivity index (χ1n) is 19.1. The van der Waals surface area contributed by atoms with Crippen molar-refractivity contribution in [3.63, 3.8) is 0 Å². The molecule has 0 heterocycles. The monoisotopic (exact) mass is 676 g/mol. The van der Waals surface area contributed by atoms with Crippen molar-refractivity contribution < 1.29 is 4.79 Å². The van der Waals surface area contributed by atoms with E-state index in [-0.39, 0.29) is 17.1 Å². The van der Waals surface area contributed by atoms with Crippen LogP contribution in [-0.2, 0) is 10.8 Å². The lowest BCUT2D eigenvalue weighted by Crippen LogP contribution is -2.36. The van der Waals surface area contributed by atoms with Gasteiger partial charge in [-0.1, -0.05) is 165 Å². The van der Waals surface area contributed by atoms with E-state index in [4.69, 9.17) is 0 Å². The average Bonchev–Trinajstić information content (AvgIpc) is 3.89. The molecular weight excluding hydrogens is 641 g/mol. The summed E-state index contributed by atoms with van der Waals surface area (Å²) in [5, 5.41) is 0. The Morgan fingerprint density at radius 1 is 0.566 bits per heavy atom. The molecule has 1 heteroatoms. The largest absolute Gasteiger partial charge is 0.289 e. The second kappa shape index (κ2) is 10.3. The highest BCUT2D eigenvalue weighted by atomic mass is 16.1. The van der Waals surface area contributed by atoms with E-state index in [1.165, 1.54) is 77.9 Å². The number of hydrogen-bond donors (Lipinski definition) is 0. The predicted octanol–water partition coefficient (Wildman–Crippen LogP) is 11.7. The van der Waals surface area contributed by atoms with Crippen LogP contribution in [0.25, 0.3) is 27.8 Å². The Balaban J connectivity index is 1.07. The molecule has 6 aromatic rings. The molecule has 12 rings (SSSR count). The van der Waals surface area contributed by atoms with Gasteiger partial charge in [0.1, 0.15) is 0 Å². The summed E-state index contributed by atoms with van der Waals surface area (Å²) in [5.74, 6) is 0.975. The first kappa shape index (κ1) is 29.5. The highest BCUT2D eigenvalue weighted by Crippen LogP contribution is 2.67. The zero-order valence-electron chi connectivity index (χ0n) is 29.5. The maximum atomic E-state index is 15.1. The molecule has 0 N–H and O–H groups in total. The number of ketones is 1. The maximum absolute atomic E-state index is 15.1. The van der Waals surface area contributed by atoms with Crippen molar-refractivity contribution in [2.75, 3.05) is 0 Å². The van der Waals surface area contributed by atoms with Crippen LogP contribution < -0.4 is 0 Å². The van der Waals surface area contributed by atoms with Gasteiger partial charge >= 0.3 is 0 Å². The number of rotatable bonds is 2. The second-order valence-corrected chi connectivity index (χ2v) is 15.8. The Morgan fingerprint density at radius 2 is 1.15 bits per heavy atom. The lowest BCUT2D eigenvalue weighted by Gasteiger charge is -2.39. The molecule has 4 unspecified atom stereocenters. The van der Waals surface area contributed by atoms with Crippen LogP contribution in [0.1, 0.15) is 79.7 Å².